The summed E-state index contributed by atoms with van der Waals surface area (Å²) in [6.07, 6.45) is 6.67. The summed E-state index contributed by atoms with van der Waals surface area (Å²) in [5, 5.41) is 0. The summed E-state index contributed by atoms with van der Waals surface area (Å²) >= 11 is 0. The number of amides is 2. The Hall–Kier alpha value is -1.84. The van der Waals surface area contributed by atoms with Gasteiger partial charge in [-0.1, -0.05) is 26.2 Å². The van der Waals surface area contributed by atoms with E-state index < -0.39 is 0 Å². The first-order chi connectivity index (χ1) is 11.1. The molecular formula is C19H28N2O2. The molecule has 23 heavy (non-hydrogen) atoms. The second-order valence-corrected chi connectivity index (χ2v) is 6.36. The van der Waals surface area contributed by atoms with Gasteiger partial charge in [-0.05, 0) is 43.5 Å². The molecule has 126 valence electrons. The maximum Gasteiger partial charge on any atom is 0.253 e. The van der Waals surface area contributed by atoms with Crippen LogP contribution in [-0.2, 0) is 0 Å². The quantitative estimate of drug-likeness (QED) is 0.833. The molecule has 0 atom stereocenters. The average Bonchev–Trinajstić information content (AvgIpc) is 2.88. The Labute approximate surface area is 139 Å². The minimum Gasteiger partial charge on any atom is -0.342 e. The Morgan fingerprint density at radius 2 is 1.57 bits per heavy atom. The van der Waals surface area contributed by atoms with Crippen molar-refractivity contribution in [1.29, 1.82) is 0 Å². The summed E-state index contributed by atoms with van der Waals surface area (Å²) in [4.78, 5) is 28.5. The lowest BCUT2D eigenvalue weighted by molar-refractivity contribution is 0.0757. The molecule has 1 aliphatic heterocycles. The highest BCUT2D eigenvalue weighted by molar-refractivity contribution is 5.97. The largest absolute Gasteiger partial charge is 0.342 e. The van der Waals surface area contributed by atoms with Gasteiger partial charge in [-0.15, -0.1) is 0 Å². The second kappa shape index (κ2) is 8.70. The number of unbranched alkanes of at least 4 members (excludes halogenated alkanes) is 1. The maximum absolute atomic E-state index is 12.5. The van der Waals surface area contributed by atoms with Crippen LogP contribution in [0.25, 0.3) is 0 Å². The predicted molar refractivity (Wildman–Crippen MR) is 92.7 cm³/mol. The zero-order chi connectivity index (χ0) is 16.7. The molecule has 0 radical (unpaired) electrons. The lowest BCUT2D eigenvalue weighted by atomic mass is 10.1. The summed E-state index contributed by atoms with van der Waals surface area (Å²) in [5.41, 5.74) is 1.33. The summed E-state index contributed by atoms with van der Waals surface area (Å²) in [5.74, 6) is 0.109. The zero-order valence-electron chi connectivity index (χ0n) is 14.4. The molecule has 0 saturated carbocycles. The number of nitrogens with zero attached hydrogens (tertiary/aromatic N) is 2. The van der Waals surface area contributed by atoms with Gasteiger partial charge in [0.1, 0.15) is 0 Å². The number of carbonyl (C=O) groups excluding carboxylic acids is 2. The van der Waals surface area contributed by atoms with Crippen molar-refractivity contribution in [3.8, 4) is 0 Å². The third-order valence-corrected chi connectivity index (χ3v) is 4.47. The molecule has 0 aromatic heterocycles. The molecule has 1 saturated heterocycles. The lowest BCUT2D eigenvalue weighted by Crippen LogP contribution is -2.32. The fourth-order valence-corrected chi connectivity index (χ4v) is 2.93. The van der Waals surface area contributed by atoms with Gasteiger partial charge in [0.25, 0.3) is 11.8 Å². The van der Waals surface area contributed by atoms with E-state index in [2.05, 4.69) is 6.92 Å². The normalized spacial score (nSPS) is 15.1. The number of hydrogen-bond acceptors (Lipinski definition) is 2. The molecule has 4 heteroatoms. The summed E-state index contributed by atoms with van der Waals surface area (Å²) in [6.45, 7) is 4.57. The van der Waals surface area contributed by atoms with Crippen LogP contribution in [-0.4, -0.2) is 48.3 Å². The van der Waals surface area contributed by atoms with Gasteiger partial charge < -0.3 is 9.80 Å². The summed E-state index contributed by atoms with van der Waals surface area (Å²) in [6, 6.07) is 7.12. The molecule has 0 N–H and O–H groups in total. The molecule has 1 aromatic rings. The van der Waals surface area contributed by atoms with Crippen LogP contribution in [0.2, 0.25) is 0 Å². The van der Waals surface area contributed by atoms with Gasteiger partial charge in [-0.25, -0.2) is 0 Å². The highest BCUT2D eigenvalue weighted by Gasteiger charge is 2.18. The van der Waals surface area contributed by atoms with E-state index in [0.29, 0.717) is 11.1 Å². The zero-order valence-corrected chi connectivity index (χ0v) is 14.4. The van der Waals surface area contributed by atoms with Crippen molar-refractivity contribution in [2.24, 2.45) is 0 Å². The van der Waals surface area contributed by atoms with Gasteiger partial charge in [-0.3, -0.25) is 9.59 Å². The molecule has 0 bridgehead atoms. The van der Waals surface area contributed by atoms with Crippen molar-refractivity contribution < 1.29 is 9.59 Å². The molecule has 0 aliphatic carbocycles. The smallest absolute Gasteiger partial charge is 0.253 e. The van der Waals surface area contributed by atoms with Crippen LogP contribution in [0.4, 0.5) is 0 Å². The Morgan fingerprint density at radius 1 is 1.00 bits per heavy atom. The SMILES string of the molecule is CCCCN(C)C(=O)c1ccc(C(=O)N2CCCCCC2)cc1. The lowest BCUT2D eigenvalue weighted by Gasteiger charge is -2.21. The standard InChI is InChI=1S/C19H28N2O2/c1-3-4-13-20(2)18(22)16-9-11-17(12-10-16)19(23)21-14-7-5-6-8-15-21/h9-12H,3-8,13-15H2,1-2H3. The first-order valence-corrected chi connectivity index (χ1v) is 8.78. The number of rotatable bonds is 5. The average molecular weight is 316 g/mol. The van der Waals surface area contributed by atoms with E-state index >= 15 is 0 Å². The van der Waals surface area contributed by atoms with E-state index in [9.17, 15) is 9.59 Å². The monoisotopic (exact) mass is 316 g/mol. The number of likely N-dealkylation sites (tertiary alicyclic amines) is 1. The molecule has 2 amide bonds. The highest BCUT2D eigenvalue weighted by Crippen LogP contribution is 2.14. The van der Waals surface area contributed by atoms with E-state index in [1.807, 2.05) is 11.9 Å². The molecule has 2 rings (SSSR count). The highest BCUT2D eigenvalue weighted by atomic mass is 16.2. The van der Waals surface area contributed by atoms with Crippen LogP contribution in [0.1, 0.15) is 66.2 Å². The minimum absolute atomic E-state index is 0.0206. The van der Waals surface area contributed by atoms with Crippen LogP contribution in [0.15, 0.2) is 24.3 Å². The van der Waals surface area contributed by atoms with Crippen LogP contribution in [0, 0.1) is 0 Å². The molecule has 1 aliphatic rings. The van der Waals surface area contributed by atoms with Gasteiger partial charge in [0.05, 0.1) is 0 Å². The first kappa shape index (κ1) is 17.5. The topological polar surface area (TPSA) is 40.6 Å². The molecule has 0 spiro atoms. The van der Waals surface area contributed by atoms with Crippen LogP contribution < -0.4 is 0 Å². The molecule has 1 heterocycles. The molecule has 1 fully saturated rings. The Balaban J connectivity index is 2.00. The van der Waals surface area contributed by atoms with Crippen molar-refractivity contribution in [1.82, 2.24) is 9.80 Å². The van der Waals surface area contributed by atoms with Gasteiger partial charge in [0.15, 0.2) is 0 Å². The van der Waals surface area contributed by atoms with Crippen molar-refractivity contribution in [2.45, 2.75) is 45.4 Å². The van der Waals surface area contributed by atoms with Gasteiger partial charge in [0, 0.05) is 37.8 Å². The van der Waals surface area contributed by atoms with Crippen LogP contribution in [0.3, 0.4) is 0 Å². The summed E-state index contributed by atoms with van der Waals surface area (Å²) in [7, 11) is 1.83. The van der Waals surface area contributed by atoms with Crippen LogP contribution >= 0.6 is 0 Å². The molecule has 1 aromatic carbocycles. The van der Waals surface area contributed by atoms with E-state index in [1.54, 1.807) is 29.2 Å². The van der Waals surface area contributed by atoms with Gasteiger partial charge >= 0.3 is 0 Å². The van der Waals surface area contributed by atoms with E-state index in [4.69, 9.17) is 0 Å². The molecule has 4 nitrogen and oxygen atoms in total. The fraction of sp³-hybridized carbons (Fsp3) is 0.579. The number of hydrogen-bond donors (Lipinski definition) is 0. The minimum atomic E-state index is 0.0206. The first-order valence-electron chi connectivity index (χ1n) is 8.78. The fourth-order valence-electron chi connectivity index (χ4n) is 2.93. The second-order valence-electron chi connectivity index (χ2n) is 6.36. The van der Waals surface area contributed by atoms with Gasteiger partial charge in [0.2, 0.25) is 0 Å². The van der Waals surface area contributed by atoms with E-state index in [1.165, 1.54) is 12.8 Å². The molecule has 0 unspecified atom stereocenters. The summed E-state index contributed by atoms with van der Waals surface area (Å²) < 4.78 is 0. The third-order valence-electron chi connectivity index (χ3n) is 4.47. The van der Waals surface area contributed by atoms with Crippen molar-refractivity contribution in [3.63, 3.8) is 0 Å². The third kappa shape index (κ3) is 4.81. The van der Waals surface area contributed by atoms with E-state index in [0.717, 1.165) is 45.3 Å². The predicted octanol–water partition coefficient (Wildman–Crippen LogP) is 3.57. The number of benzene rings is 1. The van der Waals surface area contributed by atoms with E-state index in [-0.39, 0.29) is 11.8 Å². The Morgan fingerprint density at radius 3 is 2.13 bits per heavy atom. The molecular weight excluding hydrogens is 288 g/mol. The Kier molecular flexibility index (Phi) is 6.63. The van der Waals surface area contributed by atoms with Crippen LogP contribution in [0.5, 0.6) is 0 Å². The maximum atomic E-state index is 12.5. The van der Waals surface area contributed by atoms with Gasteiger partial charge in [-0.2, -0.15) is 0 Å². The van der Waals surface area contributed by atoms with Crippen molar-refractivity contribution >= 4 is 11.8 Å². The van der Waals surface area contributed by atoms with Crippen molar-refractivity contribution in [2.75, 3.05) is 26.7 Å². The van der Waals surface area contributed by atoms with Crippen molar-refractivity contribution in [3.05, 3.63) is 35.4 Å². The number of carbonyl (C=O) groups is 2. The Bertz CT molecular complexity index is 517.